The van der Waals surface area contributed by atoms with E-state index < -0.39 is 5.41 Å². The first-order valence-electron chi connectivity index (χ1n) is 5.72. The van der Waals surface area contributed by atoms with Gasteiger partial charge in [-0.3, -0.25) is 4.98 Å². The molecule has 1 aromatic heterocycles. The summed E-state index contributed by atoms with van der Waals surface area (Å²) in [6, 6.07) is 18.0. The molecule has 84 valence electrons. The molecule has 0 fully saturated rings. The van der Waals surface area contributed by atoms with E-state index in [1.807, 2.05) is 55.5 Å². The highest BCUT2D eigenvalue weighted by Gasteiger charge is 2.33. The Morgan fingerprint density at radius 2 is 1.82 bits per heavy atom. The zero-order valence-electron chi connectivity index (χ0n) is 9.80. The molecule has 2 nitrogen and oxygen atoms in total. The topological polar surface area (TPSA) is 36.7 Å². The van der Waals surface area contributed by atoms with Crippen molar-refractivity contribution in [3.8, 4) is 6.07 Å². The van der Waals surface area contributed by atoms with Crippen molar-refractivity contribution in [2.24, 2.45) is 0 Å². The van der Waals surface area contributed by atoms with Crippen LogP contribution in [0, 0.1) is 11.3 Å². The molecule has 0 bridgehead atoms. The first kappa shape index (κ1) is 11.3. The second-order valence-corrected chi connectivity index (χ2v) is 3.95. The van der Waals surface area contributed by atoms with Crippen LogP contribution in [0.5, 0.6) is 0 Å². The summed E-state index contributed by atoms with van der Waals surface area (Å²) < 4.78 is 0. The fraction of sp³-hybridized carbons (Fsp3) is 0.200. The van der Waals surface area contributed by atoms with Crippen LogP contribution in [-0.4, -0.2) is 4.98 Å². The second-order valence-electron chi connectivity index (χ2n) is 3.95. The number of hydrogen-bond donors (Lipinski definition) is 0. The summed E-state index contributed by atoms with van der Waals surface area (Å²) in [5.41, 5.74) is 1.18. The molecule has 1 aromatic carbocycles. The van der Waals surface area contributed by atoms with E-state index in [1.165, 1.54) is 0 Å². The summed E-state index contributed by atoms with van der Waals surface area (Å²) in [5.74, 6) is 0. The Kier molecular flexibility index (Phi) is 3.20. The monoisotopic (exact) mass is 222 g/mol. The molecule has 0 saturated heterocycles. The van der Waals surface area contributed by atoms with Gasteiger partial charge in [0.2, 0.25) is 0 Å². The quantitative estimate of drug-likeness (QED) is 0.799. The van der Waals surface area contributed by atoms with Crippen LogP contribution in [0.15, 0.2) is 54.7 Å². The van der Waals surface area contributed by atoms with Crippen molar-refractivity contribution >= 4 is 0 Å². The third-order valence-corrected chi connectivity index (χ3v) is 3.09. The normalized spacial score (nSPS) is 13.6. The van der Waals surface area contributed by atoms with Crippen molar-refractivity contribution in [3.05, 3.63) is 66.0 Å². The predicted octanol–water partition coefficient (Wildman–Crippen LogP) is 3.30. The number of hydrogen-bond acceptors (Lipinski definition) is 2. The lowest BCUT2D eigenvalue weighted by atomic mass is 9.76. The molecular weight excluding hydrogens is 208 g/mol. The SMILES string of the molecule is CC[C@@](C#N)(c1ccccc1)c1ccccn1. The summed E-state index contributed by atoms with van der Waals surface area (Å²) >= 11 is 0. The van der Waals surface area contributed by atoms with Crippen molar-refractivity contribution in [2.45, 2.75) is 18.8 Å². The lowest BCUT2D eigenvalue weighted by molar-refractivity contribution is 0.611. The van der Waals surface area contributed by atoms with Crippen molar-refractivity contribution in [1.29, 1.82) is 5.26 Å². The smallest absolute Gasteiger partial charge is 0.124 e. The first-order valence-corrected chi connectivity index (χ1v) is 5.72. The van der Waals surface area contributed by atoms with Gasteiger partial charge in [-0.05, 0) is 24.1 Å². The minimum atomic E-state index is -0.636. The van der Waals surface area contributed by atoms with E-state index in [1.54, 1.807) is 6.20 Å². The summed E-state index contributed by atoms with van der Waals surface area (Å²) in [5, 5.41) is 9.59. The highest BCUT2D eigenvalue weighted by Crippen LogP contribution is 2.33. The molecule has 17 heavy (non-hydrogen) atoms. The highest BCUT2D eigenvalue weighted by atomic mass is 14.7. The standard InChI is InChI=1S/C15H14N2/c1-2-15(12-16,13-8-4-3-5-9-13)14-10-6-7-11-17-14/h3-11H,2H2,1H3/t15-/m1/s1. The second kappa shape index (κ2) is 4.80. The summed E-state index contributed by atoms with van der Waals surface area (Å²) in [7, 11) is 0. The van der Waals surface area contributed by atoms with Gasteiger partial charge in [-0.15, -0.1) is 0 Å². The molecule has 0 amide bonds. The van der Waals surface area contributed by atoms with Crippen LogP contribution in [0.4, 0.5) is 0 Å². The molecule has 0 spiro atoms. The maximum Gasteiger partial charge on any atom is 0.124 e. The van der Waals surface area contributed by atoms with Crippen LogP contribution in [-0.2, 0) is 5.41 Å². The van der Waals surface area contributed by atoms with Gasteiger partial charge in [0.05, 0.1) is 11.8 Å². The molecule has 2 aromatic rings. The minimum Gasteiger partial charge on any atom is -0.259 e. The highest BCUT2D eigenvalue weighted by molar-refractivity contribution is 5.42. The lowest BCUT2D eigenvalue weighted by Crippen LogP contribution is -2.25. The number of nitrogens with zero attached hydrogens (tertiary/aromatic N) is 2. The van der Waals surface area contributed by atoms with Crippen molar-refractivity contribution in [1.82, 2.24) is 4.98 Å². The fourth-order valence-corrected chi connectivity index (χ4v) is 2.07. The van der Waals surface area contributed by atoms with Gasteiger partial charge in [0, 0.05) is 6.20 Å². The maximum absolute atomic E-state index is 9.59. The Morgan fingerprint density at radius 3 is 2.35 bits per heavy atom. The van der Waals surface area contributed by atoms with Gasteiger partial charge in [0.1, 0.15) is 5.41 Å². The van der Waals surface area contributed by atoms with E-state index in [9.17, 15) is 5.26 Å². The fourth-order valence-electron chi connectivity index (χ4n) is 2.07. The molecule has 1 atom stereocenters. The summed E-state index contributed by atoms with van der Waals surface area (Å²) in [6.07, 6.45) is 2.45. The van der Waals surface area contributed by atoms with E-state index in [-0.39, 0.29) is 0 Å². The van der Waals surface area contributed by atoms with Crippen LogP contribution in [0.25, 0.3) is 0 Å². The van der Waals surface area contributed by atoms with Crippen molar-refractivity contribution in [2.75, 3.05) is 0 Å². The van der Waals surface area contributed by atoms with Gasteiger partial charge < -0.3 is 0 Å². The molecule has 0 radical (unpaired) electrons. The Bertz CT molecular complexity index is 472. The van der Waals surface area contributed by atoms with Gasteiger partial charge >= 0.3 is 0 Å². The Balaban J connectivity index is 2.60. The Labute approximate surface area is 102 Å². The summed E-state index contributed by atoms with van der Waals surface area (Å²) in [4.78, 5) is 4.35. The molecule has 2 heteroatoms. The van der Waals surface area contributed by atoms with Crippen molar-refractivity contribution in [3.63, 3.8) is 0 Å². The average molecular weight is 222 g/mol. The average Bonchev–Trinajstić information content (AvgIpc) is 2.43. The molecule has 2 rings (SSSR count). The number of aromatic nitrogens is 1. The van der Waals surface area contributed by atoms with Crippen LogP contribution in [0.1, 0.15) is 24.6 Å². The molecule has 0 unspecified atom stereocenters. The molecular formula is C15H14N2. The molecule has 0 aliphatic rings. The van der Waals surface area contributed by atoms with Crippen LogP contribution in [0.2, 0.25) is 0 Å². The molecule has 1 heterocycles. The molecule has 0 aliphatic heterocycles. The van der Waals surface area contributed by atoms with Gasteiger partial charge in [-0.25, -0.2) is 0 Å². The van der Waals surface area contributed by atoms with E-state index in [0.717, 1.165) is 11.3 Å². The lowest BCUT2D eigenvalue weighted by Gasteiger charge is -2.24. The van der Waals surface area contributed by atoms with E-state index in [0.29, 0.717) is 6.42 Å². The van der Waals surface area contributed by atoms with Crippen LogP contribution >= 0.6 is 0 Å². The van der Waals surface area contributed by atoms with E-state index in [4.69, 9.17) is 0 Å². The van der Waals surface area contributed by atoms with Gasteiger partial charge in [-0.1, -0.05) is 43.3 Å². The largest absolute Gasteiger partial charge is 0.259 e. The van der Waals surface area contributed by atoms with Crippen molar-refractivity contribution < 1.29 is 0 Å². The number of benzene rings is 1. The number of pyridine rings is 1. The van der Waals surface area contributed by atoms with Gasteiger partial charge in [-0.2, -0.15) is 5.26 Å². The number of nitriles is 1. The van der Waals surface area contributed by atoms with E-state index >= 15 is 0 Å². The zero-order valence-corrected chi connectivity index (χ0v) is 9.80. The maximum atomic E-state index is 9.59. The van der Waals surface area contributed by atoms with E-state index in [2.05, 4.69) is 11.1 Å². The molecule has 0 saturated carbocycles. The van der Waals surface area contributed by atoms with Crippen LogP contribution < -0.4 is 0 Å². The predicted molar refractivity (Wildman–Crippen MR) is 67.4 cm³/mol. The Morgan fingerprint density at radius 1 is 1.12 bits per heavy atom. The van der Waals surface area contributed by atoms with Gasteiger partial charge in [0.25, 0.3) is 0 Å². The summed E-state index contributed by atoms with van der Waals surface area (Å²) in [6.45, 7) is 2.02. The molecule has 0 N–H and O–H groups in total. The number of rotatable bonds is 3. The van der Waals surface area contributed by atoms with Crippen LogP contribution in [0.3, 0.4) is 0 Å². The third kappa shape index (κ3) is 1.92. The third-order valence-electron chi connectivity index (χ3n) is 3.09. The Hall–Kier alpha value is -2.14. The van der Waals surface area contributed by atoms with Gasteiger partial charge in [0.15, 0.2) is 0 Å². The zero-order chi connectivity index (χ0) is 12.1. The first-order chi connectivity index (χ1) is 8.33. The minimum absolute atomic E-state index is 0.636. The molecule has 0 aliphatic carbocycles.